The molecule has 8 nitrogen and oxygen atoms in total. The third-order valence-corrected chi connectivity index (χ3v) is 7.06. The minimum absolute atomic E-state index is 0.0899. The number of thioether (sulfide) groups is 1. The van der Waals surface area contributed by atoms with Gasteiger partial charge in [-0.05, 0) is 30.9 Å². The Morgan fingerprint density at radius 3 is 2.81 bits per heavy atom. The van der Waals surface area contributed by atoms with Crippen LogP contribution in [0.1, 0.15) is 25.7 Å². The van der Waals surface area contributed by atoms with Crippen molar-refractivity contribution in [2.45, 2.75) is 29.9 Å². The van der Waals surface area contributed by atoms with E-state index in [1.807, 2.05) is 0 Å². The molecule has 0 aliphatic heterocycles. The van der Waals surface area contributed by atoms with Crippen molar-refractivity contribution >= 4 is 45.9 Å². The number of hydrogen-bond acceptors (Lipinski definition) is 7. The number of amides is 2. The summed E-state index contributed by atoms with van der Waals surface area (Å²) in [6.45, 7) is 1.09. The highest BCUT2D eigenvalue weighted by atomic mass is 32.2. The Morgan fingerprint density at radius 1 is 1.34 bits per heavy atom. The second-order valence-electron chi connectivity index (χ2n) is 7.31. The van der Waals surface area contributed by atoms with Crippen molar-refractivity contribution in [3.05, 3.63) is 30.2 Å². The van der Waals surface area contributed by atoms with Crippen LogP contribution in [0.4, 0.5) is 20.0 Å². The van der Waals surface area contributed by atoms with Crippen LogP contribution < -0.4 is 15.0 Å². The number of thiazole rings is 1. The fourth-order valence-corrected chi connectivity index (χ4v) is 5.04. The van der Waals surface area contributed by atoms with Gasteiger partial charge in [-0.3, -0.25) is 15.0 Å². The summed E-state index contributed by atoms with van der Waals surface area (Å²) >= 11 is 2.31. The number of nitrogens with zero attached hydrogens (tertiary/aromatic N) is 2. The minimum atomic E-state index is -0.929. The fraction of sp³-hybridized carbons (Fsp3) is 0.476. The molecule has 2 amide bonds. The Bertz CT molecular complexity index is 921. The van der Waals surface area contributed by atoms with Crippen molar-refractivity contribution in [1.29, 1.82) is 0 Å². The van der Waals surface area contributed by atoms with Crippen LogP contribution in [-0.4, -0.2) is 54.7 Å². The summed E-state index contributed by atoms with van der Waals surface area (Å²) in [4.78, 5) is 29.4. The van der Waals surface area contributed by atoms with Crippen molar-refractivity contribution in [3.63, 3.8) is 0 Å². The number of aliphatic carboxylic acids is 1. The second-order valence-corrected chi connectivity index (χ2v) is 9.62. The van der Waals surface area contributed by atoms with Gasteiger partial charge >= 0.3 is 12.0 Å². The molecule has 32 heavy (non-hydrogen) atoms. The number of rotatable bonds is 11. The lowest BCUT2D eigenvalue weighted by molar-refractivity contribution is -0.133. The first-order valence-corrected chi connectivity index (χ1v) is 12.1. The number of halogens is 1. The first kappa shape index (κ1) is 24.3. The molecule has 0 unspecified atom stereocenters. The molecular weight excluding hydrogens is 457 g/mol. The maximum Gasteiger partial charge on any atom is 0.328 e. The van der Waals surface area contributed by atoms with Crippen LogP contribution in [-0.2, 0) is 9.53 Å². The molecule has 1 aromatic carbocycles. The number of anilines is 2. The largest absolute Gasteiger partial charge is 0.491 e. The highest BCUT2D eigenvalue weighted by molar-refractivity contribution is 8.01. The second kappa shape index (κ2) is 12.0. The number of nitrogens with one attached hydrogen (secondary N) is 1. The van der Waals surface area contributed by atoms with Crippen LogP contribution in [0, 0.1) is 11.7 Å². The maximum atomic E-state index is 15.0. The molecule has 11 heteroatoms. The number of hydrogen-bond donors (Lipinski definition) is 2. The minimum Gasteiger partial charge on any atom is -0.491 e. The number of carbonyl (C=O) groups excluding carboxylic acids is 1. The smallest absolute Gasteiger partial charge is 0.328 e. The molecule has 1 saturated carbocycles. The van der Waals surface area contributed by atoms with Gasteiger partial charge in [0.25, 0.3) is 0 Å². The van der Waals surface area contributed by atoms with Crippen LogP contribution in [0.5, 0.6) is 5.75 Å². The predicted molar refractivity (Wildman–Crippen MR) is 123 cm³/mol. The highest BCUT2D eigenvalue weighted by Gasteiger charge is 2.26. The predicted octanol–water partition coefficient (Wildman–Crippen LogP) is 4.71. The quantitative estimate of drug-likeness (QED) is 0.352. The Morgan fingerprint density at radius 2 is 2.12 bits per heavy atom. The van der Waals surface area contributed by atoms with E-state index in [4.69, 9.17) is 14.6 Å². The molecule has 1 heterocycles. The van der Waals surface area contributed by atoms with E-state index in [1.54, 1.807) is 19.2 Å². The lowest BCUT2D eigenvalue weighted by Crippen LogP contribution is -2.38. The fourth-order valence-electron chi connectivity index (χ4n) is 3.46. The van der Waals surface area contributed by atoms with Crippen molar-refractivity contribution in [2.24, 2.45) is 5.92 Å². The number of benzene rings is 1. The van der Waals surface area contributed by atoms with Crippen molar-refractivity contribution in [2.75, 3.05) is 42.8 Å². The summed E-state index contributed by atoms with van der Waals surface area (Å²) in [6.07, 6.45) is 5.71. The van der Waals surface area contributed by atoms with Crippen molar-refractivity contribution in [1.82, 2.24) is 4.98 Å². The molecule has 2 aromatic rings. The van der Waals surface area contributed by atoms with Gasteiger partial charge in [0.1, 0.15) is 12.4 Å². The molecule has 0 radical (unpaired) electrons. The van der Waals surface area contributed by atoms with Crippen molar-refractivity contribution < 1.29 is 28.6 Å². The molecule has 0 spiro atoms. The van der Waals surface area contributed by atoms with Gasteiger partial charge in [0.15, 0.2) is 10.9 Å². The normalized spacial score (nSPS) is 13.8. The van der Waals surface area contributed by atoms with E-state index in [2.05, 4.69) is 10.3 Å². The Hall–Kier alpha value is -2.37. The van der Waals surface area contributed by atoms with E-state index in [9.17, 15) is 14.0 Å². The monoisotopic (exact) mass is 483 g/mol. The van der Waals surface area contributed by atoms with Gasteiger partial charge in [0, 0.05) is 19.7 Å². The zero-order chi connectivity index (χ0) is 22.9. The molecular formula is C21H26FN3O5S2. The number of aromatic nitrogens is 1. The van der Waals surface area contributed by atoms with E-state index in [0.717, 1.165) is 37.4 Å². The van der Waals surface area contributed by atoms with Gasteiger partial charge in [-0.25, -0.2) is 14.2 Å². The van der Waals surface area contributed by atoms with Gasteiger partial charge < -0.3 is 14.6 Å². The van der Waals surface area contributed by atoms with E-state index in [-0.39, 0.29) is 11.4 Å². The molecule has 0 saturated heterocycles. The van der Waals surface area contributed by atoms with Crippen LogP contribution >= 0.6 is 23.1 Å². The van der Waals surface area contributed by atoms with Gasteiger partial charge in [-0.2, -0.15) is 0 Å². The zero-order valence-corrected chi connectivity index (χ0v) is 19.3. The molecule has 1 aliphatic carbocycles. The summed E-state index contributed by atoms with van der Waals surface area (Å²) in [7, 11) is 1.56. The molecule has 0 bridgehead atoms. The van der Waals surface area contributed by atoms with Crippen LogP contribution in [0.3, 0.4) is 0 Å². The molecule has 1 aromatic heterocycles. The van der Waals surface area contributed by atoms with Crippen LogP contribution in [0.15, 0.2) is 28.6 Å². The van der Waals surface area contributed by atoms with Gasteiger partial charge in [-0.1, -0.05) is 24.2 Å². The Balaban J connectivity index is 1.73. The summed E-state index contributed by atoms with van der Waals surface area (Å²) in [5.41, 5.74) is 0.172. The maximum absolute atomic E-state index is 15.0. The first-order chi connectivity index (χ1) is 15.5. The van der Waals surface area contributed by atoms with E-state index in [0.29, 0.717) is 40.8 Å². The lowest BCUT2D eigenvalue weighted by Gasteiger charge is -2.26. The van der Waals surface area contributed by atoms with Gasteiger partial charge in [0.05, 0.1) is 28.5 Å². The molecule has 3 rings (SSSR count). The van der Waals surface area contributed by atoms with Crippen molar-refractivity contribution in [3.8, 4) is 5.75 Å². The Labute approximate surface area is 194 Å². The van der Waals surface area contributed by atoms with Crippen LogP contribution in [0.25, 0.3) is 0 Å². The molecule has 174 valence electrons. The average molecular weight is 484 g/mol. The third kappa shape index (κ3) is 7.07. The number of carbonyl (C=O) groups is 2. The van der Waals surface area contributed by atoms with Gasteiger partial charge in [0.2, 0.25) is 0 Å². The zero-order valence-electron chi connectivity index (χ0n) is 17.7. The standard InChI is InChI=1S/C21H26FN3O5S2/c1-29-8-9-30-15-6-7-17(16(22)10-15)25(12-14-4-2-3-5-14)21(28)24-20-23-11-19(32-20)31-13-18(26)27/h6-7,10-11,14H,2-5,8-9,12-13H2,1H3,(H,26,27)(H,23,24,28). The lowest BCUT2D eigenvalue weighted by atomic mass is 10.1. The highest BCUT2D eigenvalue weighted by Crippen LogP contribution is 2.32. The molecule has 1 aliphatic rings. The summed E-state index contributed by atoms with van der Waals surface area (Å²) in [5, 5.41) is 11.9. The summed E-state index contributed by atoms with van der Waals surface area (Å²) in [6, 6.07) is 3.96. The van der Waals surface area contributed by atoms with Gasteiger partial charge in [-0.15, -0.1) is 11.8 Å². The Kier molecular flexibility index (Phi) is 9.12. The number of urea groups is 1. The number of methoxy groups -OCH3 is 1. The molecule has 1 fully saturated rings. The number of carboxylic acid groups (broad SMARTS) is 1. The SMILES string of the molecule is COCCOc1ccc(N(CC2CCCC2)C(=O)Nc2ncc(SCC(=O)O)s2)c(F)c1. The summed E-state index contributed by atoms with van der Waals surface area (Å²) in [5.74, 6) is -0.903. The topological polar surface area (TPSA) is 101 Å². The summed E-state index contributed by atoms with van der Waals surface area (Å²) < 4.78 is 26.0. The number of ether oxygens (including phenoxy) is 2. The van der Waals surface area contributed by atoms with E-state index < -0.39 is 17.8 Å². The van der Waals surface area contributed by atoms with E-state index in [1.165, 1.54) is 28.5 Å². The number of carboxylic acids is 1. The first-order valence-electron chi connectivity index (χ1n) is 10.3. The third-order valence-electron chi connectivity index (χ3n) is 4.96. The average Bonchev–Trinajstić information content (AvgIpc) is 3.43. The van der Waals surface area contributed by atoms with Crippen LogP contribution in [0.2, 0.25) is 0 Å². The molecule has 2 N–H and O–H groups in total. The molecule has 0 atom stereocenters. The van der Waals surface area contributed by atoms with E-state index >= 15 is 0 Å².